The van der Waals surface area contributed by atoms with E-state index >= 15 is 0 Å². The first-order valence-corrected chi connectivity index (χ1v) is 4.64. The zero-order chi connectivity index (χ0) is 15.0. The maximum atomic E-state index is 12.5. The molecule has 1 atom stereocenters. The standard InChI is InChI=1S/C10H6F6O3/c11-9(12,13)5-2-1-4(7(17)8(18)19)3-6(5)10(14,15)16/h1-3,7,17H,(H,18,19)/t7-/m0/s1. The Labute approximate surface area is 102 Å². The normalized spacial score (nSPS) is 14.3. The van der Waals surface area contributed by atoms with Crippen LogP contribution in [0.4, 0.5) is 26.3 Å². The van der Waals surface area contributed by atoms with Gasteiger partial charge in [-0.3, -0.25) is 0 Å². The maximum absolute atomic E-state index is 12.5. The highest BCUT2D eigenvalue weighted by atomic mass is 19.4. The molecule has 0 heterocycles. The lowest BCUT2D eigenvalue weighted by Gasteiger charge is -2.17. The molecule has 0 aliphatic rings. The van der Waals surface area contributed by atoms with Gasteiger partial charge in [-0.15, -0.1) is 0 Å². The molecule has 0 fully saturated rings. The predicted molar refractivity (Wildman–Crippen MR) is 49.0 cm³/mol. The molecule has 2 N–H and O–H groups in total. The first-order chi connectivity index (χ1) is 8.44. The summed E-state index contributed by atoms with van der Waals surface area (Å²) in [7, 11) is 0. The number of aliphatic hydroxyl groups is 1. The van der Waals surface area contributed by atoms with Gasteiger partial charge in [-0.2, -0.15) is 26.3 Å². The highest BCUT2D eigenvalue weighted by Crippen LogP contribution is 2.41. The SMILES string of the molecule is O=C(O)[C@@H](O)c1ccc(C(F)(F)F)c(C(F)(F)F)c1. The first-order valence-electron chi connectivity index (χ1n) is 4.64. The number of carboxylic acids is 1. The molecule has 0 radical (unpaired) electrons. The van der Waals surface area contributed by atoms with Gasteiger partial charge < -0.3 is 10.2 Å². The van der Waals surface area contributed by atoms with Gasteiger partial charge in [-0.05, 0) is 17.7 Å². The van der Waals surface area contributed by atoms with Crippen LogP contribution < -0.4 is 0 Å². The van der Waals surface area contributed by atoms with Crippen molar-refractivity contribution in [1.82, 2.24) is 0 Å². The van der Waals surface area contributed by atoms with Crippen molar-refractivity contribution in [3.8, 4) is 0 Å². The van der Waals surface area contributed by atoms with E-state index in [0.717, 1.165) is 0 Å². The second-order valence-corrected chi connectivity index (χ2v) is 3.54. The van der Waals surface area contributed by atoms with Crippen LogP contribution >= 0.6 is 0 Å². The van der Waals surface area contributed by atoms with Crippen molar-refractivity contribution in [3.63, 3.8) is 0 Å². The summed E-state index contributed by atoms with van der Waals surface area (Å²) in [4.78, 5) is 10.4. The molecule has 19 heavy (non-hydrogen) atoms. The second kappa shape index (κ2) is 4.72. The van der Waals surface area contributed by atoms with Crippen LogP contribution in [0.2, 0.25) is 0 Å². The van der Waals surface area contributed by atoms with Crippen molar-refractivity contribution >= 4 is 5.97 Å². The minimum Gasteiger partial charge on any atom is -0.479 e. The Bertz CT molecular complexity index is 491. The molecule has 0 spiro atoms. The zero-order valence-corrected chi connectivity index (χ0v) is 8.88. The van der Waals surface area contributed by atoms with Crippen molar-refractivity contribution in [3.05, 3.63) is 34.9 Å². The molecular formula is C10H6F6O3. The van der Waals surface area contributed by atoms with Gasteiger partial charge in [0.1, 0.15) is 0 Å². The molecule has 0 bridgehead atoms. The van der Waals surface area contributed by atoms with E-state index in [1.165, 1.54) is 0 Å². The quantitative estimate of drug-likeness (QED) is 0.823. The highest BCUT2D eigenvalue weighted by Gasteiger charge is 2.43. The Balaban J connectivity index is 3.44. The van der Waals surface area contributed by atoms with Crippen molar-refractivity contribution in [1.29, 1.82) is 0 Å². The van der Waals surface area contributed by atoms with E-state index in [1.807, 2.05) is 0 Å². The number of hydrogen-bond donors (Lipinski definition) is 2. The molecule has 3 nitrogen and oxygen atoms in total. The van der Waals surface area contributed by atoms with Gasteiger partial charge in [0, 0.05) is 0 Å². The predicted octanol–water partition coefficient (Wildman–Crippen LogP) is 2.84. The van der Waals surface area contributed by atoms with Crippen LogP contribution in [-0.4, -0.2) is 16.2 Å². The summed E-state index contributed by atoms with van der Waals surface area (Å²) in [6.45, 7) is 0. The molecule has 0 unspecified atom stereocenters. The van der Waals surface area contributed by atoms with Gasteiger partial charge in [0.2, 0.25) is 0 Å². The summed E-state index contributed by atoms with van der Waals surface area (Å²) < 4.78 is 74.7. The van der Waals surface area contributed by atoms with Gasteiger partial charge >= 0.3 is 18.3 Å². The summed E-state index contributed by atoms with van der Waals surface area (Å²) >= 11 is 0. The molecule has 0 saturated carbocycles. The summed E-state index contributed by atoms with van der Waals surface area (Å²) in [5.74, 6) is -1.87. The Hall–Kier alpha value is -1.77. The molecule has 1 rings (SSSR count). The summed E-state index contributed by atoms with van der Waals surface area (Å²) in [5.41, 5.74) is -4.77. The first kappa shape index (κ1) is 15.3. The monoisotopic (exact) mass is 288 g/mol. The summed E-state index contributed by atoms with van der Waals surface area (Å²) in [5, 5.41) is 17.4. The Kier molecular flexibility index (Phi) is 3.80. The molecule has 1 aromatic rings. The van der Waals surface area contributed by atoms with E-state index in [0.29, 0.717) is 6.07 Å². The lowest BCUT2D eigenvalue weighted by molar-refractivity contribution is -0.162. The fourth-order valence-corrected chi connectivity index (χ4v) is 1.36. The van der Waals surface area contributed by atoms with Crippen LogP contribution in [0, 0.1) is 0 Å². The number of aliphatic hydroxyl groups excluding tert-OH is 1. The maximum Gasteiger partial charge on any atom is 0.417 e. The van der Waals surface area contributed by atoms with Crippen molar-refractivity contribution < 1.29 is 41.4 Å². The second-order valence-electron chi connectivity index (χ2n) is 3.54. The average molecular weight is 288 g/mol. The van der Waals surface area contributed by atoms with E-state index in [2.05, 4.69) is 0 Å². The van der Waals surface area contributed by atoms with E-state index < -0.39 is 41.1 Å². The largest absolute Gasteiger partial charge is 0.479 e. The fraction of sp³-hybridized carbons (Fsp3) is 0.300. The molecule has 106 valence electrons. The van der Waals surface area contributed by atoms with Crippen LogP contribution in [0.1, 0.15) is 22.8 Å². The van der Waals surface area contributed by atoms with E-state index in [9.17, 15) is 31.1 Å². The van der Waals surface area contributed by atoms with Crippen LogP contribution in [0.15, 0.2) is 18.2 Å². The van der Waals surface area contributed by atoms with Crippen LogP contribution in [0.25, 0.3) is 0 Å². The van der Waals surface area contributed by atoms with E-state index in [4.69, 9.17) is 10.2 Å². The number of rotatable bonds is 2. The number of benzene rings is 1. The molecule has 0 aliphatic carbocycles. The minimum atomic E-state index is -5.32. The Morgan fingerprint density at radius 3 is 1.84 bits per heavy atom. The lowest BCUT2D eigenvalue weighted by Crippen LogP contribution is -2.18. The third-order valence-electron chi connectivity index (χ3n) is 2.20. The van der Waals surface area contributed by atoms with Crippen molar-refractivity contribution in [2.75, 3.05) is 0 Å². The number of aliphatic carboxylic acids is 1. The highest BCUT2D eigenvalue weighted by molar-refractivity contribution is 5.74. The summed E-state index contributed by atoms with van der Waals surface area (Å²) in [6, 6.07) is 0.544. The zero-order valence-electron chi connectivity index (χ0n) is 8.88. The number of carboxylic acid groups (broad SMARTS) is 1. The third-order valence-corrected chi connectivity index (χ3v) is 2.20. The fourth-order valence-electron chi connectivity index (χ4n) is 1.36. The van der Waals surface area contributed by atoms with Gasteiger partial charge in [-0.25, -0.2) is 4.79 Å². The lowest BCUT2D eigenvalue weighted by atomic mass is 10.00. The van der Waals surface area contributed by atoms with E-state index in [1.54, 1.807) is 0 Å². The third kappa shape index (κ3) is 3.37. The number of hydrogen-bond acceptors (Lipinski definition) is 2. The molecule has 0 saturated heterocycles. The van der Waals surface area contributed by atoms with Gasteiger partial charge in [0.05, 0.1) is 11.1 Å². The van der Waals surface area contributed by atoms with Crippen molar-refractivity contribution in [2.24, 2.45) is 0 Å². The van der Waals surface area contributed by atoms with Crippen LogP contribution in [-0.2, 0) is 17.1 Å². The minimum absolute atomic E-state index is 0.0262. The topological polar surface area (TPSA) is 57.5 Å². The Morgan fingerprint density at radius 1 is 1.00 bits per heavy atom. The van der Waals surface area contributed by atoms with Gasteiger partial charge in [-0.1, -0.05) is 6.07 Å². The molecule has 1 aromatic carbocycles. The molecular weight excluding hydrogens is 282 g/mol. The average Bonchev–Trinajstić information content (AvgIpc) is 2.24. The van der Waals surface area contributed by atoms with Gasteiger partial charge in [0.15, 0.2) is 6.10 Å². The van der Waals surface area contributed by atoms with Crippen LogP contribution in [0.5, 0.6) is 0 Å². The number of halogens is 6. The van der Waals surface area contributed by atoms with Crippen LogP contribution in [0.3, 0.4) is 0 Å². The smallest absolute Gasteiger partial charge is 0.417 e. The molecule has 0 aliphatic heterocycles. The van der Waals surface area contributed by atoms with Crippen molar-refractivity contribution in [2.45, 2.75) is 18.5 Å². The van der Waals surface area contributed by atoms with E-state index in [-0.39, 0.29) is 12.1 Å². The molecule has 9 heteroatoms. The number of alkyl halides is 6. The molecule has 0 amide bonds. The number of carbonyl (C=O) groups is 1. The summed E-state index contributed by atoms with van der Waals surface area (Å²) in [6.07, 6.45) is -12.9. The Morgan fingerprint density at radius 2 is 1.47 bits per heavy atom. The molecule has 0 aromatic heterocycles. The van der Waals surface area contributed by atoms with Gasteiger partial charge in [0.25, 0.3) is 0 Å².